The van der Waals surface area contributed by atoms with E-state index in [0.717, 1.165) is 52.6 Å². The predicted octanol–water partition coefficient (Wildman–Crippen LogP) is 5.87. The molecule has 262 valence electrons. The van der Waals surface area contributed by atoms with Crippen molar-refractivity contribution in [3.05, 3.63) is 105 Å². The van der Waals surface area contributed by atoms with E-state index >= 15 is 0 Å². The first-order valence-electron chi connectivity index (χ1n) is 16.7. The number of fused-ring (bicyclic) bond motifs is 1. The highest BCUT2D eigenvalue weighted by molar-refractivity contribution is 6.39. The quantitative estimate of drug-likeness (QED) is 0.117. The lowest BCUT2D eigenvalue weighted by molar-refractivity contribution is -0.137. The maximum absolute atomic E-state index is 13.3. The summed E-state index contributed by atoms with van der Waals surface area (Å²) < 4.78 is 7.12. The largest absolute Gasteiger partial charge is 0.481 e. The second-order valence-corrected chi connectivity index (χ2v) is 13.8. The Kier molecular flexibility index (Phi) is 9.80. The van der Waals surface area contributed by atoms with Crippen molar-refractivity contribution in [3.8, 4) is 39.4 Å². The van der Waals surface area contributed by atoms with Gasteiger partial charge in [0.2, 0.25) is 11.8 Å². The van der Waals surface area contributed by atoms with E-state index in [2.05, 4.69) is 20.9 Å². The fraction of sp³-hybridized carbons (Fsp3) is 0.289. The zero-order valence-corrected chi connectivity index (χ0v) is 29.4. The molecule has 0 bridgehead atoms. The molecule has 1 saturated carbocycles. The number of aliphatic carboxylic acids is 1. The molecular formula is C38H36Cl2N6O5. The SMILES string of the molecule is COc1nc(-c2cccc(-c3cccc(-c4ccn5c(=O)c(CNC6(CC(=O)O)CC6)cnc5c4)c3Cl)c2Cl)ccc1CNCC1CCC(=O)N1. The van der Waals surface area contributed by atoms with Crippen LogP contribution in [-0.4, -0.2) is 56.6 Å². The molecule has 3 aromatic heterocycles. The van der Waals surface area contributed by atoms with Gasteiger partial charge in [0.05, 0.1) is 34.8 Å². The summed E-state index contributed by atoms with van der Waals surface area (Å²) in [5.74, 6) is -0.293. The number of rotatable bonds is 13. The highest BCUT2D eigenvalue weighted by Gasteiger charge is 2.44. The number of carbonyl (C=O) groups is 2. The normalized spacial score (nSPS) is 16.3. The second-order valence-electron chi connectivity index (χ2n) is 13.1. The van der Waals surface area contributed by atoms with Crippen LogP contribution in [0, 0.1) is 0 Å². The van der Waals surface area contributed by atoms with Crippen molar-refractivity contribution in [2.45, 2.75) is 56.8 Å². The van der Waals surface area contributed by atoms with Crippen LogP contribution in [0.25, 0.3) is 39.2 Å². The average molecular weight is 728 g/mol. The van der Waals surface area contributed by atoms with Crippen LogP contribution in [0.1, 0.15) is 43.2 Å². The standard InChI is InChI=1S/C38H36Cl2N6O5/c1-51-36-23(18-41-21-25-9-11-32(47)44-25)8-10-30(45-36)29-7-3-6-28(35(29)40)27-5-2-4-26(34(27)39)22-12-15-46-31(16-22)42-19-24(37(46)50)20-43-38(13-14-38)17-33(48)49/h2-8,10,12,15-16,19,25,41,43H,9,11,13-14,17-18,20-21H2,1H3,(H,44,47)(H,48,49). The van der Waals surface area contributed by atoms with Crippen LogP contribution in [0.4, 0.5) is 0 Å². The molecule has 2 aromatic carbocycles. The molecular weight excluding hydrogens is 691 g/mol. The van der Waals surface area contributed by atoms with Gasteiger partial charge in [0, 0.05) is 77.8 Å². The third-order valence-electron chi connectivity index (χ3n) is 9.58. The van der Waals surface area contributed by atoms with Crippen LogP contribution < -0.4 is 26.2 Å². The van der Waals surface area contributed by atoms with E-state index in [9.17, 15) is 19.5 Å². The zero-order chi connectivity index (χ0) is 35.7. The van der Waals surface area contributed by atoms with Crippen molar-refractivity contribution >= 4 is 40.7 Å². The topological polar surface area (TPSA) is 147 Å². The molecule has 7 rings (SSSR count). The number of ether oxygens (including phenoxy) is 1. The molecule has 4 heterocycles. The number of nitrogens with zero attached hydrogens (tertiary/aromatic N) is 3. The molecule has 51 heavy (non-hydrogen) atoms. The summed E-state index contributed by atoms with van der Waals surface area (Å²) in [6.45, 7) is 1.43. The van der Waals surface area contributed by atoms with Crippen LogP contribution in [0.2, 0.25) is 10.0 Å². The number of hydrogen-bond donors (Lipinski definition) is 4. The Morgan fingerprint density at radius 3 is 2.41 bits per heavy atom. The third kappa shape index (κ3) is 7.34. The summed E-state index contributed by atoms with van der Waals surface area (Å²) in [6, 6.07) is 19.1. The number of hydrogen-bond acceptors (Lipinski definition) is 8. The van der Waals surface area contributed by atoms with Gasteiger partial charge in [0.15, 0.2) is 0 Å². The molecule has 2 aliphatic rings. The van der Waals surface area contributed by atoms with Crippen molar-refractivity contribution in [1.82, 2.24) is 30.3 Å². The van der Waals surface area contributed by atoms with Crippen LogP contribution in [0.5, 0.6) is 5.88 Å². The van der Waals surface area contributed by atoms with Gasteiger partial charge in [-0.05, 0) is 43.0 Å². The zero-order valence-electron chi connectivity index (χ0n) is 27.8. The predicted molar refractivity (Wildman–Crippen MR) is 196 cm³/mol. The molecule has 13 heteroatoms. The molecule has 4 N–H and O–H groups in total. The second kappa shape index (κ2) is 14.4. The van der Waals surface area contributed by atoms with E-state index in [-0.39, 0.29) is 30.5 Å². The van der Waals surface area contributed by atoms with E-state index in [0.29, 0.717) is 52.3 Å². The Hall–Kier alpha value is -4.81. The van der Waals surface area contributed by atoms with E-state index in [4.69, 9.17) is 32.9 Å². The molecule has 5 aromatic rings. The number of aromatic nitrogens is 3. The van der Waals surface area contributed by atoms with Gasteiger partial charge in [-0.1, -0.05) is 65.7 Å². The molecule has 0 radical (unpaired) electrons. The van der Waals surface area contributed by atoms with Gasteiger partial charge in [-0.15, -0.1) is 0 Å². The van der Waals surface area contributed by atoms with Gasteiger partial charge in [-0.25, -0.2) is 9.97 Å². The van der Waals surface area contributed by atoms with E-state index in [1.807, 2.05) is 60.7 Å². The summed E-state index contributed by atoms with van der Waals surface area (Å²) >= 11 is 14.2. The number of methoxy groups -OCH3 is 1. The number of carbonyl (C=O) groups excluding carboxylic acids is 1. The Bertz CT molecular complexity index is 2220. The number of halogens is 2. The minimum absolute atomic E-state index is 0.0233. The maximum atomic E-state index is 13.3. The van der Waals surface area contributed by atoms with Crippen molar-refractivity contribution in [2.75, 3.05) is 13.7 Å². The van der Waals surface area contributed by atoms with Crippen molar-refractivity contribution in [2.24, 2.45) is 0 Å². The lowest BCUT2D eigenvalue weighted by Crippen LogP contribution is -2.35. The summed E-state index contributed by atoms with van der Waals surface area (Å²) in [6.07, 6.45) is 6.15. The number of benzene rings is 2. The van der Waals surface area contributed by atoms with Gasteiger partial charge in [-0.3, -0.25) is 18.8 Å². The Morgan fingerprint density at radius 2 is 1.73 bits per heavy atom. The maximum Gasteiger partial charge on any atom is 0.305 e. The third-order valence-corrected chi connectivity index (χ3v) is 10.4. The Morgan fingerprint density at radius 1 is 1.00 bits per heavy atom. The molecule has 1 saturated heterocycles. The lowest BCUT2D eigenvalue weighted by atomic mass is 9.97. The van der Waals surface area contributed by atoms with Crippen LogP contribution >= 0.6 is 23.2 Å². The number of pyridine rings is 2. The fourth-order valence-electron chi connectivity index (χ4n) is 6.58. The number of carboxylic acid groups (broad SMARTS) is 1. The first kappa shape index (κ1) is 34.6. The summed E-state index contributed by atoms with van der Waals surface area (Å²) in [5.41, 5.74) is 5.48. The monoisotopic (exact) mass is 726 g/mol. The van der Waals surface area contributed by atoms with Crippen LogP contribution in [0.15, 0.2) is 77.9 Å². The Labute approximate surface area is 304 Å². The molecule has 2 fully saturated rings. The molecule has 1 atom stereocenters. The molecule has 1 aliphatic carbocycles. The van der Waals surface area contributed by atoms with Gasteiger partial charge < -0.3 is 25.8 Å². The Balaban J connectivity index is 1.12. The van der Waals surface area contributed by atoms with E-state index in [1.54, 1.807) is 13.3 Å². The molecule has 0 spiro atoms. The highest BCUT2D eigenvalue weighted by Crippen LogP contribution is 2.42. The number of nitrogens with one attached hydrogen (secondary N) is 3. The smallest absolute Gasteiger partial charge is 0.305 e. The number of amides is 1. The van der Waals surface area contributed by atoms with Crippen LogP contribution in [0.3, 0.4) is 0 Å². The fourth-order valence-corrected chi connectivity index (χ4v) is 7.25. The molecule has 1 aliphatic heterocycles. The number of carboxylic acids is 1. The van der Waals surface area contributed by atoms with Gasteiger partial charge in [-0.2, -0.15) is 0 Å². The van der Waals surface area contributed by atoms with Crippen molar-refractivity contribution < 1.29 is 19.4 Å². The average Bonchev–Trinajstić information content (AvgIpc) is 3.75. The molecule has 11 nitrogen and oxygen atoms in total. The van der Waals surface area contributed by atoms with Gasteiger partial charge in [0.1, 0.15) is 5.65 Å². The van der Waals surface area contributed by atoms with Crippen molar-refractivity contribution in [1.29, 1.82) is 0 Å². The summed E-state index contributed by atoms with van der Waals surface area (Å²) in [7, 11) is 1.58. The highest BCUT2D eigenvalue weighted by atomic mass is 35.5. The van der Waals surface area contributed by atoms with E-state index < -0.39 is 11.5 Å². The minimum Gasteiger partial charge on any atom is -0.481 e. The van der Waals surface area contributed by atoms with E-state index in [1.165, 1.54) is 10.6 Å². The first-order chi connectivity index (χ1) is 24.6. The summed E-state index contributed by atoms with van der Waals surface area (Å²) in [5, 5.41) is 19.8. The molecule has 1 unspecified atom stereocenters. The van der Waals surface area contributed by atoms with Crippen molar-refractivity contribution in [3.63, 3.8) is 0 Å². The first-order valence-corrected chi connectivity index (χ1v) is 17.5. The summed E-state index contributed by atoms with van der Waals surface area (Å²) in [4.78, 5) is 45.3. The molecule has 1 amide bonds. The van der Waals surface area contributed by atoms with Gasteiger partial charge >= 0.3 is 5.97 Å². The minimum atomic E-state index is -0.861. The van der Waals surface area contributed by atoms with Gasteiger partial charge in [0.25, 0.3) is 5.56 Å². The lowest BCUT2D eigenvalue weighted by Gasteiger charge is -2.16. The van der Waals surface area contributed by atoms with Crippen LogP contribution in [-0.2, 0) is 22.7 Å².